The Hall–Kier alpha value is -2.56. The molecule has 0 aliphatic heterocycles. The van der Waals surface area contributed by atoms with Crippen molar-refractivity contribution in [3.05, 3.63) is 39.7 Å². The molecule has 0 aliphatic rings. The molecule has 11 heteroatoms. The van der Waals surface area contributed by atoms with Crippen LogP contribution in [0.1, 0.15) is 22.2 Å². The minimum absolute atomic E-state index is 0.0996. The number of anilines is 1. The summed E-state index contributed by atoms with van der Waals surface area (Å²) in [5.74, 6) is 0.584. The second-order valence-electron chi connectivity index (χ2n) is 6.32. The molecule has 0 unspecified atom stereocenters. The number of thioether (sulfide) groups is 1. The number of benzene rings is 1. The number of nitrogens with one attached hydrogen (secondary N) is 1. The van der Waals surface area contributed by atoms with Crippen LogP contribution in [0.25, 0.3) is 11.4 Å². The number of aryl methyl sites for hydroxylation is 1. The van der Waals surface area contributed by atoms with Gasteiger partial charge >= 0.3 is 5.97 Å². The molecule has 1 N–H and O–H groups in total. The molecule has 31 heavy (non-hydrogen) atoms. The number of carbonyl (C=O) groups excluding carboxylic acids is 2. The zero-order valence-corrected chi connectivity index (χ0v) is 19.8. The molecule has 2 heterocycles. The van der Waals surface area contributed by atoms with Gasteiger partial charge < -0.3 is 19.4 Å². The molecule has 1 aromatic carbocycles. The number of aromatic nitrogens is 3. The molecule has 0 saturated carbocycles. The molecule has 2 aromatic heterocycles. The first-order valence-electron chi connectivity index (χ1n) is 9.26. The summed E-state index contributed by atoms with van der Waals surface area (Å²) in [6.45, 7) is 4.42. The highest BCUT2D eigenvalue weighted by Gasteiger charge is 2.20. The van der Waals surface area contributed by atoms with Gasteiger partial charge in [-0.2, -0.15) is 0 Å². The lowest BCUT2D eigenvalue weighted by atomic mass is 10.2. The van der Waals surface area contributed by atoms with E-state index in [0.29, 0.717) is 38.9 Å². The van der Waals surface area contributed by atoms with Crippen molar-refractivity contribution in [2.75, 3.05) is 25.3 Å². The van der Waals surface area contributed by atoms with Gasteiger partial charge in [0.1, 0.15) is 10.8 Å². The van der Waals surface area contributed by atoms with Crippen LogP contribution in [-0.4, -0.2) is 46.6 Å². The van der Waals surface area contributed by atoms with Gasteiger partial charge in [-0.15, -0.1) is 21.5 Å². The molecule has 8 nitrogen and oxygen atoms in total. The monoisotopic (exact) mass is 480 g/mol. The highest BCUT2D eigenvalue weighted by Crippen LogP contribution is 2.33. The highest BCUT2D eigenvalue weighted by molar-refractivity contribution is 7.99. The fraction of sp³-hybridized carbons (Fsp3) is 0.300. The first kappa shape index (κ1) is 23.1. The molecule has 0 fully saturated rings. The number of amides is 1. The largest absolute Gasteiger partial charge is 0.496 e. The van der Waals surface area contributed by atoms with Crippen molar-refractivity contribution in [1.82, 2.24) is 14.8 Å². The maximum absolute atomic E-state index is 12.5. The fourth-order valence-electron chi connectivity index (χ4n) is 2.90. The van der Waals surface area contributed by atoms with Crippen LogP contribution in [0.3, 0.4) is 0 Å². The SMILES string of the molecule is CCn1c(SCC(=O)Nc2sc(C)cc2C(=O)OC)nnc1-c1cc(Cl)ccc1OC. The van der Waals surface area contributed by atoms with Crippen LogP contribution >= 0.6 is 34.7 Å². The number of rotatable bonds is 8. The fourth-order valence-corrected chi connectivity index (χ4v) is 4.79. The summed E-state index contributed by atoms with van der Waals surface area (Å²) in [4.78, 5) is 25.3. The Bertz CT molecular complexity index is 1110. The third kappa shape index (κ3) is 5.20. The maximum atomic E-state index is 12.5. The molecule has 3 aromatic rings. The van der Waals surface area contributed by atoms with E-state index in [2.05, 4.69) is 15.5 Å². The van der Waals surface area contributed by atoms with Gasteiger partial charge in [0.2, 0.25) is 5.91 Å². The van der Waals surface area contributed by atoms with Crippen molar-refractivity contribution in [3.8, 4) is 17.1 Å². The molecule has 164 valence electrons. The van der Waals surface area contributed by atoms with Crippen LogP contribution in [0.4, 0.5) is 5.00 Å². The molecule has 3 rings (SSSR count). The van der Waals surface area contributed by atoms with Crippen LogP contribution in [0, 0.1) is 6.92 Å². The number of nitrogens with zero attached hydrogens (tertiary/aromatic N) is 3. The second kappa shape index (κ2) is 10.2. The van der Waals surface area contributed by atoms with Crippen LogP contribution in [0.15, 0.2) is 29.4 Å². The Balaban J connectivity index is 1.76. The molecular weight excluding hydrogens is 460 g/mol. The number of thiophene rings is 1. The van der Waals surface area contributed by atoms with E-state index in [9.17, 15) is 9.59 Å². The molecule has 0 atom stereocenters. The van der Waals surface area contributed by atoms with Crippen LogP contribution in [0.2, 0.25) is 5.02 Å². The normalized spacial score (nSPS) is 10.7. The molecular formula is C20H21ClN4O4S2. The number of hydrogen-bond acceptors (Lipinski definition) is 8. The first-order valence-corrected chi connectivity index (χ1v) is 11.4. The average molecular weight is 481 g/mol. The lowest BCUT2D eigenvalue weighted by Gasteiger charge is -2.11. The molecule has 0 spiro atoms. The number of halogens is 1. The molecule has 1 amide bonds. The number of methoxy groups -OCH3 is 2. The van der Waals surface area contributed by atoms with Gasteiger partial charge in [0.15, 0.2) is 11.0 Å². The summed E-state index contributed by atoms with van der Waals surface area (Å²) in [6.07, 6.45) is 0. The minimum atomic E-state index is -0.488. The average Bonchev–Trinajstić information content (AvgIpc) is 3.34. The quantitative estimate of drug-likeness (QED) is 0.374. The molecule has 0 radical (unpaired) electrons. The number of hydrogen-bond donors (Lipinski definition) is 1. The van der Waals surface area contributed by atoms with Gasteiger partial charge in [-0.3, -0.25) is 4.79 Å². The summed E-state index contributed by atoms with van der Waals surface area (Å²) in [7, 11) is 2.88. The van der Waals surface area contributed by atoms with Crippen LogP contribution in [-0.2, 0) is 16.1 Å². The van der Waals surface area contributed by atoms with Crippen molar-refractivity contribution in [3.63, 3.8) is 0 Å². The highest BCUT2D eigenvalue weighted by atomic mass is 35.5. The van der Waals surface area contributed by atoms with E-state index in [0.717, 1.165) is 10.4 Å². The predicted octanol–water partition coefficient (Wildman–Crippen LogP) is 4.51. The van der Waals surface area contributed by atoms with Gasteiger partial charge in [-0.05, 0) is 38.1 Å². The topological polar surface area (TPSA) is 95.3 Å². The van der Waals surface area contributed by atoms with Gasteiger partial charge in [0, 0.05) is 16.4 Å². The summed E-state index contributed by atoms with van der Waals surface area (Å²) in [5.41, 5.74) is 1.06. The van der Waals surface area contributed by atoms with E-state index < -0.39 is 5.97 Å². The van der Waals surface area contributed by atoms with Crippen molar-refractivity contribution in [2.45, 2.75) is 25.5 Å². The molecule has 0 aliphatic carbocycles. The van der Waals surface area contributed by atoms with Gasteiger partial charge in [0.05, 0.1) is 31.1 Å². The van der Waals surface area contributed by atoms with E-state index in [1.54, 1.807) is 31.4 Å². The number of carbonyl (C=O) groups is 2. The van der Waals surface area contributed by atoms with Gasteiger partial charge in [0.25, 0.3) is 0 Å². The minimum Gasteiger partial charge on any atom is -0.496 e. The predicted molar refractivity (Wildman–Crippen MR) is 122 cm³/mol. The molecule has 0 saturated heterocycles. The standard InChI is InChI=1S/C20H21ClN4O4S2/c1-5-25-17(13-9-12(21)6-7-15(13)28-3)23-24-20(25)30-10-16(26)22-18-14(19(27)29-4)8-11(2)31-18/h6-9H,5,10H2,1-4H3,(H,22,26). The van der Waals surface area contributed by atoms with Crippen LogP contribution < -0.4 is 10.1 Å². The van der Waals surface area contributed by atoms with E-state index >= 15 is 0 Å². The van der Waals surface area contributed by atoms with Gasteiger partial charge in [-0.1, -0.05) is 23.4 Å². The lowest BCUT2D eigenvalue weighted by molar-refractivity contribution is -0.113. The zero-order valence-electron chi connectivity index (χ0n) is 17.4. The Morgan fingerprint density at radius 1 is 1.26 bits per heavy atom. The maximum Gasteiger partial charge on any atom is 0.340 e. The lowest BCUT2D eigenvalue weighted by Crippen LogP contribution is -2.16. The number of esters is 1. The third-order valence-electron chi connectivity index (χ3n) is 4.28. The summed E-state index contributed by atoms with van der Waals surface area (Å²) in [5, 5.41) is 12.9. The Morgan fingerprint density at radius 2 is 2.03 bits per heavy atom. The number of ether oxygens (including phenoxy) is 2. The molecule has 0 bridgehead atoms. The third-order valence-corrected chi connectivity index (χ3v) is 6.45. The summed E-state index contributed by atoms with van der Waals surface area (Å²) >= 11 is 8.72. The Kier molecular flexibility index (Phi) is 7.58. The summed E-state index contributed by atoms with van der Waals surface area (Å²) in [6, 6.07) is 6.97. The first-order chi connectivity index (χ1) is 14.9. The Morgan fingerprint density at radius 3 is 2.71 bits per heavy atom. The van der Waals surface area contributed by atoms with E-state index in [4.69, 9.17) is 21.1 Å². The zero-order chi connectivity index (χ0) is 22.5. The van der Waals surface area contributed by atoms with Crippen molar-refractivity contribution < 1.29 is 19.1 Å². The van der Waals surface area contributed by atoms with Gasteiger partial charge in [-0.25, -0.2) is 4.79 Å². The second-order valence-corrected chi connectivity index (χ2v) is 8.96. The van der Waals surface area contributed by atoms with Crippen LogP contribution in [0.5, 0.6) is 5.75 Å². The van der Waals surface area contributed by atoms with E-state index in [-0.39, 0.29) is 11.7 Å². The Labute approximate surface area is 192 Å². The van der Waals surface area contributed by atoms with Crippen molar-refractivity contribution in [2.24, 2.45) is 0 Å². The summed E-state index contributed by atoms with van der Waals surface area (Å²) < 4.78 is 12.1. The van der Waals surface area contributed by atoms with E-state index in [1.807, 2.05) is 18.4 Å². The van der Waals surface area contributed by atoms with E-state index in [1.165, 1.54) is 30.2 Å². The van der Waals surface area contributed by atoms with Crippen molar-refractivity contribution >= 4 is 51.6 Å². The smallest absolute Gasteiger partial charge is 0.340 e. The van der Waals surface area contributed by atoms with Crippen molar-refractivity contribution in [1.29, 1.82) is 0 Å².